The van der Waals surface area contributed by atoms with Gasteiger partial charge in [-0.2, -0.15) is 0 Å². The van der Waals surface area contributed by atoms with E-state index in [-0.39, 0.29) is 5.02 Å². The molecule has 3 aromatic carbocycles. The van der Waals surface area contributed by atoms with Gasteiger partial charge in [0, 0.05) is 10.2 Å². The van der Waals surface area contributed by atoms with Crippen LogP contribution in [0.25, 0.3) is 0 Å². The van der Waals surface area contributed by atoms with Crippen molar-refractivity contribution in [1.29, 1.82) is 0 Å². The van der Waals surface area contributed by atoms with E-state index < -0.39 is 29.1 Å². The lowest BCUT2D eigenvalue weighted by Gasteiger charge is -2.17. The molecule has 172 valence electrons. The summed E-state index contributed by atoms with van der Waals surface area (Å²) in [6.45, 7) is 3.36. The lowest BCUT2D eigenvalue weighted by Crippen LogP contribution is -2.35. The minimum absolute atomic E-state index is 0.228. The van der Waals surface area contributed by atoms with Gasteiger partial charge in [-0.15, -0.1) is 0 Å². The Bertz CT molecular complexity index is 1290. The second kappa shape index (κ2) is 10.4. The normalized spacial score (nSPS) is 10.7. The zero-order valence-corrected chi connectivity index (χ0v) is 21.6. The third kappa shape index (κ3) is 5.66. The van der Waals surface area contributed by atoms with Gasteiger partial charge < -0.3 is 10.1 Å². The minimum Gasteiger partial charge on any atom is -0.454 e. The molecule has 0 saturated heterocycles. The summed E-state index contributed by atoms with van der Waals surface area (Å²) in [5.41, 5.74) is 0.744. The van der Waals surface area contributed by atoms with Crippen molar-refractivity contribution in [2.24, 2.45) is 0 Å². The Hall–Kier alpha value is -2.20. The van der Waals surface area contributed by atoms with Crippen molar-refractivity contribution in [3.05, 3.63) is 83.7 Å². The van der Waals surface area contributed by atoms with Crippen LogP contribution in [0.4, 0.5) is 19.3 Å². The molecule has 0 bridgehead atoms. The van der Waals surface area contributed by atoms with E-state index in [2.05, 4.69) is 37.2 Å². The number of carbonyl (C=O) groups is 2. The van der Waals surface area contributed by atoms with Gasteiger partial charge in [0.15, 0.2) is 11.6 Å². The van der Waals surface area contributed by atoms with E-state index in [1.807, 2.05) is 5.32 Å². The first kappa shape index (κ1) is 25.4. The number of carbonyl (C=O) groups excluding carboxylic acids is 2. The first-order valence-corrected chi connectivity index (χ1v) is 11.5. The molecule has 2 N–H and O–H groups in total. The van der Waals surface area contributed by atoms with Crippen LogP contribution in [0.2, 0.25) is 10.0 Å². The fourth-order valence-electron chi connectivity index (χ4n) is 2.80. The van der Waals surface area contributed by atoms with Gasteiger partial charge in [-0.05, 0) is 87.2 Å². The van der Waals surface area contributed by atoms with Crippen LogP contribution in [-0.4, -0.2) is 11.9 Å². The third-order valence-corrected chi connectivity index (χ3v) is 6.78. The Balaban J connectivity index is 1.81. The van der Waals surface area contributed by atoms with E-state index in [1.165, 1.54) is 0 Å². The van der Waals surface area contributed by atoms with Crippen molar-refractivity contribution in [3.63, 3.8) is 0 Å². The molecule has 0 aromatic heterocycles. The number of halogens is 6. The predicted molar refractivity (Wildman–Crippen MR) is 131 cm³/mol. The average molecular weight is 623 g/mol. The van der Waals surface area contributed by atoms with Gasteiger partial charge in [0.25, 0.3) is 5.91 Å². The van der Waals surface area contributed by atoms with Crippen molar-refractivity contribution < 1.29 is 23.1 Å². The lowest BCUT2D eigenvalue weighted by molar-refractivity contribution is 0.0962. The molecule has 0 aliphatic heterocycles. The Morgan fingerprint density at radius 2 is 1.73 bits per heavy atom. The first-order valence-electron chi connectivity index (χ1n) is 9.18. The fourth-order valence-corrected chi connectivity index (χ4v) is 4.13. The summed E-state index contributed by atoms with van der Waals surface area (Å²) in [6, 6.07) is 7.08. The molecular weight excluding hydrogens is 609 g/mol. The van der Waals surface area contributed by atoms with Crippen LogP contribution in [0, 0.1) is 25.5 Å². The maximum Gasteiger partial charge on any atom is 0.326 e. The van der Waals surface area contributed by atoms with Crippen molar-refractivity contribution in [1.82, 2.24) is 5.32 Å². The number of urea groups is 1. The highest BCUT2D eigenvalue weighted by Gasteiger charge is 2.20. The molecule has 0 radical (unpaired) electrons. The number of hydrogen-bond donors (Lipinski definition) is 2. The standard InChI is InChI=1S/C22H14Br2Cl2F2N2O3/c1-9-6-16(29-22(32)30-21(31)11-4-3-5-15(27)19(11)28)10(2)18(26)20(9)33-17-8-12(23)14(25)7-13(17)24/h3-8H,1-2H3,(H2,29,30,31,32). The Morgan fingerprint density at radius 1 is 1.03 bits per heavy atom. The number of aryl methyl sites for hydroxylation is 1. The minimum atomic E-state index is -1.35. The Labute approximate surface area is 214 Å². The average Bonchev–Trinajstić information content (AvgIpc) is 2.74. The lowest BCUT2D eigenvalue weighted by atomic mass is 10.1. The van der Waals surface area contributed by atoms with E-state index in [0.717, 1.165) is 18.2 Å². The van der Waals surface area contributed by atoms with Crippen molar-refractivity contribution >= 4 is 72.7 Å². The topological polar surface area (TPSA) is 67.4 Å². The highest BCUT2D eigenvalue weighted by Crippen LogP contribution is 2.42. The molecule has 0 saturated carbocycles. The monoisotopic (exact) mass is 620 g/mol. The van der Waals surface area contributed by atoms with E-state index in [9.17, 15) is 18.4 Å². The van der Waals surface area contributed by atoms with Crippen molar-refractivity contribution in [3.8, 4) is 11.5 Å². The molecule has 0 unspecified atom stereocenters. The maximum atomic E-state index is 13.8. The second-order valence-electron chi connectivity index (χ2n) is 6.82. The summed E-state index contributed by atoms with van der Waals surface area (Å²) >= 11 is 19.3. The molecule has 3 amide bonds. The van der Waals surface area contributed by atoms with Gasteiger partial charge in [-0.1, -0.05) is 29.3 Å². The number of imide groups is 1. The number of anilines is 1. The number of rotatable bonds is 4. The molecule has 3 rings (SSSR count). The summed E-state index contributed by atoms with van der Waals surface area (Å²) in [6.07, 6.45) is 0. The van der Waals surface area contributed by atoms with Crippen molar-refractivity contribution in [2.75, 3.05) is 5.32 Å². The van der Waals surface area contributed by atoms with Crippen LogP contribution in [0.5, 0.6) is 11.5 Å². The van der Waals surface area contributed by atoms with E-state index >= 15 is 0 Å². The van der Waals surface area contributed by atoms with Crippen LogP contribution in [-0.2, 0) is 0 Å². The molecule has 0 atom stereocenters. The van der Waals surface area contributed by atoms with Gasteiger partial charge in [-0.25, -0.2) is 13.6 Å². The maximum absolute atomic E-state index is 13.8. The molecule has 3 aromatic rings. The molecule has 33 heavy (non-hydrogen) atoms. The number of nitrogens with one attached hydrogen (secondary N) is 2. The van der Waals surface area contributed by atoms with Crippen LogP contribution in [0.15, 0.2) is 45.3 Å². The molecule has 0 aliphatic rings. The SMILES string of the molecule is Cc1cc(NC(=O)NC(=O)c2cccc(F)c2F)c(C)c(Cl)c1Oc1cc(Br)c(Cl)cc1Br. The molecule has 0 spiro atoms. The van der Waals surface area contributed by atoms with E-state index in [0.29, 0.717) is 42.3 Å². The number of benzene rings is 3. The predicted octanol–water partition coefficient (Wildman–Crippen LogP) is 8.17. The van der Waals surface area contributed by atoms with Crippen LogP contribution < -0.4 is 15.4 Å². The van der Waals surface area contributed by atoms with E-state index in [1.54, 1.807) is 32.0 Å². The zero-order chi connectivity index (χ0) is 24.4. The summed E-state index contributed by atoms with van der Waals surface area (Å²) in [4.78, 5) is 24.4. The molecule has 11 heteroatoms. The van der Waals surface area contributed by atoms with Crippen LogP contribution >= 0.6 is 55.1 Å². The van der Waals surface area contributed by atoms with Crippen LogP contribution in [0.3, 0.4) is 0 Å². The van der Waals surface area contributed by atoms with Crippen LogP contribution in [0.1, 0.15) is 21.5 Å². The van der Waals surface area contributed by atoms with Gasteiger partial charge >= 0.3 is 6.03 Å². The molecule has 0 aliphatic carbocycles. The third-order valence-electron chi connectivity index (χ3n) is 4.51. The van der Waals surface area contributed by atoms with Gasteiger partial charge in [0.2, 0.25) is 0 Å². The number of ether oxygens (including phenoxy) is 1. The van der Waals surface area contributed by atoms with Crippen molar-refractivity contribution in [2.45, 2.75) is 13.8 Å². The number of hydrogen-bond acceptors (Lipinski definition) is 3. The second-order valence-corrected chi connectivity index (χ2v) is 9.31. The zero-order valence-electron chi connectivity index (χ0n) is 17.0. The van der Waals surface area contributed by atoms with Gasteiger partial charge in [0.05, 0.1) is 20.1 Å². The Morgan fingerprint density at radius 3 is 2.42 bits per heavy atom. The number of amides is 3. The molecule has 0 fully saturated rings. The van der Waals surface area contributed by atoms with Gasteiger partial charge in [0.1, 0.15) is 11.5 Å². The molecular formula is C22H14Br2Cl2F2N2O3. The molecule has 0 heterocycles. The smallest absolute Gasteiger partial charge is 0.326 e. The highest BCUT2D eigenvalue weighted by molar-refractivity contribution is 9.11. The summed E-state index contributed by atoms with van der Waals surface area (Å²) in [5, 5.41) is 5.16. The summed E-state index contributed by atoms with van der Waals surface area (Å²) in [5.74, 6) is -2.83. The summed E-state index contributed by atoms with van der Waals surface area (Å²) < 4.78 is 34.3. The first-order chi connectivity index (χ1) is 15.5. The highest BCUT2D eigenvalue weighted by atomic mass is 79.9. The Kier molecular flexibility index (Phi) is 8.00. The van der Waals surface area contributed by atoms with E-state index in [4.69, 9.17) is 27.9 Å². The quantitative estimate of drug-likeness (QED) is 0.289. The largest absolute Gasteiger partial charge is 0.454 e. The fraction of sp³-hybridized carbons (Fsp3) is 0.0909. The van der Waals surface area contributed by atoms with Gasteiger partial charge in [-0.3, -0.25) is 10.1 Å². The molecule has 5 nitrogen and oxygen atoms in total. The summed E-state index contributed by atoms with van der Waals surface area (Å²) in [7, 11) is 0.